The average Bonchev–Trinajstić information content (AvgIpc) is 2.94. The highest BCUT2D eigenvalue weighted by Gasteiger charge is 2.39. The minimum atomic E-state index is -1.90. The molecule has 0 fully saturated rings. The Morgan fingerprint density at radius 1 is 0.947 bits per heavy atom. The van der Waals surface area contributed by atoms with Crippen LogP contribution in [0.3, 0.4) is 0 Å². The lowest BCUT2D eigenvalue weighted by molar-refractivity contribution is -0.136. The monoisotopic (exact) mass is 620 g/mol. The number of aryl methyl sites for hydroxylation is 1. The lowest BCUT2D eigenvalue weighted by Crippen LogP contribution is -2.43. The van der Waals surface area contributed by atoms with Crippen molar-refractivity contribution >= 4 is 34.7 Å². The van der Waals surface area contributed by atoms with Crippen molar-refractivity contribution in [2.24, 2.45) is 5.10 Å². The quantitative estimate of drug-likeness (QED) is 0.130. The summed E-state index contributed by atoms with van der Waals surface area (Å²) in [6.45, 7) is 4.84. The van der Waals surface area contributed by atoms with Gasteiger partial charge in [-0.1, -0.05) is 90.5 Å². The summed E-state index contributed by atoms with van der Waals surface area (Å²) in [6.07, 6.45) is 1.52. The first-order chi connectivity index (χ1) is 18.4. The van der Waals surface area contributed by atoms with Gasteiger partial charge in [-0.25, -0.2) is 5.43 Å². The molecule has 4 aromatic carbocycles. The highest BCUT2D eigenvalue weighted by Crippen LogP contribution is 2.35. The number of carbonyl (C=O) groups is 1. The van der Waals surface area contributed by atoms with Crippen molar-refractivity contribution in [2.45, 2.75) is 26.1 Å². The molecule has 6 nitrogen and oxygen atoms in total. The second kappa shape index (κ2) is 12.7. The standard InChI is InChI=1S/C31H29IN2O4/c1-3-37-28-19-24(18-27(32)29(28)38-21-23-16-14-22(2)15-17-23)20-33-34-30(35)31(36,25-10-6-4-7-11-25)26-12-8-5-9-13-26/h4-20,36H,3,21H2,1-2H3,(H,34,35)/b33-20-. The molecule has 7 heteroatoms. The number of rotatable bonds is 10. The van der Waals surface area contributed by atoms with E-state index in [1.54, 1.807) is 48.5 Å². The summed E-state index contributed by atoms with van der Waals surface area (Å²) in [7, 11) is 0. The number of hydrogen-bond donors (Lipinski definition) is 2. The number of aliphatic hydroxyl groups is 1. The van der Waals surface area contributed by atoms with Gasteiger partial charge in [-0.2, -0.15) is 5.10 Å². The fraction of sp³-hybridized carbons (Fsp3) is 0.161. The SMILES string of the molecule is CCOc1cc(/C=N\NC(=O)C(O)(c2ccccc2)c2ccccc2)cc(I)c1OCc1ccc(C)cc1. The van der Waals surface area contributed by atoms with E-state index in [-0.39, 0.29) is 0 Å². The maximum Gasteiger partial charge on any atom is 0.281 e. The molecule has 1 amide bonds. The minimum absolute atomic E-state index is 0.414. The average molecular weight is 620 g/mol. The van der Waals surface area contributed by atoms with E-state index >= 15 is 0 Å². The van der Waals surface area contributed by atoms with Crippen LogP contribution in [0.4, 0.5) is 0 Å². The van der Waals surface area contributed by atoms with E-state index in [0.29, 0.717) is 41.4 Å². The Morgan fingerprint density at radius 2 is 1.55 bits per heavy atom. The van der Waals surface area contributed by atoms with Gasteiger partial charge in [0.15, 0.2) is 17.1 Å². The van der Waals surface area contributed by atoms with E-state index in [0.717, 1.165) is 9.13 Å². The molecule has 194 valence electrons. The van der Waals surface area contributed by atoms with Crippen LogP contribution in [0.25, 0.3) is 0 Å². The van der Waals surface area contributed by atoms with Crippen molar-refractivity contribution in [2.75, 3.05) is 6.61 Å². The molecular weight excluding hydrogens is 591 g/mol. The molecule has 4 rings (SSSR count). The van der Waals surface area contributed by atoms with Crippen molar-refractivity contribution in [3.63, 3.8) is 0 Å². The minimum Gasteiger partial charge on any atom is -0.490 e. The van der Waals surface area contributed by atoms with Crippen molar-refractivity contribution in [3.05, 3.63) is 128 Å². The van der Waals surface area contributed by atoms with Crippen LogP contribution in [0.5, 0.6) is 11.5 Å². The van der Waals surface area contributed by atoms with Crippen LogP contribution in [0.15, 0.2) is 102 Å². The van der Waals surface area contributed by atoms with E-state index in [1.165, 1.54) is 11.8 Å². The van der Waals surface area contributed by atoms with Gasteiger partial charge in [0.2, 0.25) is 0 Å². The Bertz CT molecular complexity index is 1350. The van der Waals surface area contributed by atoms with Gasteiger partial charge in [0.05, 0.1) is 16.4 Å². The summed E-state index contributed by atoms with van der Waals surface area (Å²) in [5, 5.41) is 15.7. The lowest BCUT2D eigenvalue weighted by atomic mass is 9.85. The third-order valence-corrected chi connectivity index (χ3v) is 6.73. The summed E-state index contributed by atoms with van der Waals surface area (Å²) in [4.78, 5) is 13.3. The maximum atomic E-state index is 13.3. The zero-order valence-electron chi connectivity index (χ0n) is 21.2. The Morgan fingerprint density at radius 3 is 2.13 bits per heavy atom. The molecule has 4 aromatic rings. The van der Waals surface area contributed by atoms with Crippen LogP contribution in [-0.2, 0) is 17.0 Å². The molecule has 0 heterocycles. The van der Waals surface area contributed by atoms with Crippen LogP contribution in [0.1, 0.15) is 34.7 Å². The van der Waals surface area contributed by atoms with Gasteiger partial charge in [-0.15, -0.1) is 0 Å². The number of nitrogens with one attached hydrogen (secondary N) is 1. The summed E-state index contributed by atoms with van der Waals surface area (Å²) < 4.78 is 12.8. The molecule has 0 aromatic heterocycles. The molecule has 0 atom stereocenters. The second-order valence-corrected chi connectivity index (χ2v) is 9.84. The van der Waals surface area contributed by atoms with Crippen LogP contribution < -0.4 is 14.9 Å². The van der Waals surface area contributed by atoms with Gasteiger partial charge in [0.1, 0.15) is 6.61 Å². The van der Waals surface area contributed by atoms with Crippen LogP contribution in [0, 0.1) is 10.5 Å². The van der Waals surface area contributed by atoms with Crippen LogP contribution >= 0.6 is 22.6 Å². The summed E-state index contributed by atoms with van der Waals surface area (Å²) in [6, 6.07) is 29.5. The molecule has 38 heavy (non-hydrogen) atoms. The first-order valence-corrected chi connectivity index (χ1v) is 13.3. The first-order valence-electron chi connectivity index (χ1n) is 12.2. The van der Waals surface area contributed by atoms with Crippen LogP contribution in [-0.4, -0.2) is 23.8 Å². The fourth-order valence-corrected chi connectivity index (χ4v) is 4.72. The van der Waals surface area contributed by atoms with Crippen LogP contribution in [0.2, 0.25) is 0 Å². The maximum absolute atomic E-state index is 13.3. The van der Waals surface area contributed by atoms with E-state index < -0.39 is 11.5 Å². The van der Waals surface area contributed by atoms with Crippen molar-refractivity contribution in [3.8, 4) is 11.5 Å². The lowest BCUT2D eigenvalue weighted by Gasteiger charge is -2.27. The third-order valence-electron chi connectivity index (χ3n) is 5.93. The Labute approximate surface area is 236 Å². The highest BCUT2D eigenvalue weighted by atomic mass is 127. The Balaban J connectivity index is 1.53. The Hall–Kier alpha value is -3.69. The zero-order valence-corrected chi connectivity index (χ0v) is 23.4. The number of nitrogens with zero attached hydrogens (tertiary/aromatic N) is 1. The van der Waals surface area contributed by atoms with Crippen molar-refractivity contribution in [1.82, 2.24) is 5.43 Å². The van der Waals surface area contributed by atoms with Gasteiger partial charge in [0.25, 0.3) is 5.91 Å². The van der Waals surface area contributed by atoms with Gasteiger partial charge in [0, 0.05) is 0 Å². The smallest absolute Gasteiger partial charge is 0.281 e. The molecule has 0 aliphatic rings. The number of hydrazone groups is 1. The van der Waals surface area contributed by atoms with Crippen molar-refractivity contribution < 1.29 is 19.4 Å². The normalized spacial score (nSPS) is 11.4. The molecule has 0 saturated heterocycles. The molecule has 0 unspecified atom stereocenters. The molecule has 2 N–H and O–H groups in total. The molecule has 0 aliphatic heterocycles. The predicted molar refractivity (Wildman–Crippen MR) is 157 cm³/mol. The molecule has 0 bridgehead atoms. The number of carbonyl (C=O) groups excluding carboxylic acids is 1. The first kappa shape index (κ1) is 27.3. The summed E-state index contributed by atoms with van der Waals surface area (Å²) in [5.74, 6) is 0.574. The third kappa shape index (κ3) is 6.41. The molecule has 0 radical (unpaired) electrons. The summed E-state index contributed by atoms with van der Waals surface area (Å²) in [5.41, 5.74) is 4.47. The number of amides is 1. The molecule has 0 spiro atoms. The number of benzene rings is 4. The Kier molecular flexibility index (Phi) is 9.15. The predicted octanol–water partition coefficient (Wildman–Crippen LogP) is 5.96. The van der Waals surface area contributed by atoms with E-state index in [4.69, 9.17) is 9.47 Å². The highest BCUT2D eigenvalue weighted by molar-refractivity contribution is 14.1. The van der Waals surface area contributed by atoms with Gasteiger partial charge in [-0.05, 0) is 70.8 Å². The number of ether oxygens (including phenoxy) is 2. The number of hydrogen-bond acceptors (Lipinski definition) is 5. The second-order valence-electron chi connectivity index (χ2n) is 8.68. The fourth-order valence-electron chi connectivity index (χ4n) is 3.94. The van der Waals surface area contributed by atoms with Gasteiger partial charge >= 0.3 is 0 Å². The zero-order chi connectivity index (χ0) is 27.0. The van der Waals surface area contributed by atoms with E-state index in [1.807, 2.05) is 50.2 Å². The van der Waals surface area contributed by atoms with Gasteiger partial charge in [-0.3, -0.25) is 4.79 Å². The molecular formula is C31H29IN2O4. The van der Waals surface area contributed by atoms with Gasteiger partial charge < -0.3 is 14.6 Å². The topological polar surface area (TPSA) is 80.2 Å². The summed E-state index contributed by atoms with van der Waals surface area (Å²) >= 11 is 2.20. The van der Waals surface area contributed by atoms with E-state index in [9.17, 15) is 9.90 Å². The van der Waals surface area contributed by atoms with Crippen molar-refractivity contribution in [1.29, 1.82) is 0 Å². The number of halogens is 1. The molecule has 0 aliphatic carbocycles. The largest absolute Gasteiger partial charge is 0.490 e. The van der Waals surface area contributed by atoms with E-state index in [2.05, 4.69) is 45.3 Å². The molecule has 0 saturated carbocycles.